The van der Waals surface area contributed by atoms with Gasteiger partial charge < -0.3 is 4.74 Å². The lowest BCUT2D eigenvalue weighted by Gasteiger charge is -2.19. The van der Waals surface area contributed by atoms with Gasteiger partial charge in [0, 0.05) is 5.92 Å². The third kappa shape index (κ3) is 2.80. The van der Waals surface area contributed by atoms with Crippen molar-refractivity contribution in [2.24, 2.45) is 11.8 Å². The number of hydrogen-bond donors (Lipinski definition) is 0. The van der Waals surface area contributed by atoms with Gasteiger partial charge in [-0.15, -0.1) is 0 Å². The van der Waals surface area contributed by atoms with E-state index in [2.05, 4.69) is 26.0 Å². The smallest absolute Gasteiger partial charge is 0.309 e. The van der Waals surface area contributed by atoms with Crippen LogP contribution in [-0.4, -0.2) is 12.1 Å². The first-order valence-electron chi connectivity index (χ1n) is 6.61. The Morgan fingerprint density at radius 1 is 1.24 bits per heavy atom. The Balaban J connectivity index is 2.21. The molecule has 1 fully saturated rings. The lowest BCUT2D eigenvalue weighted by atomic mass is 9.85. The molecule has 0 amide bonds. The molecule has 1 heterocycles. The average Bonchev–Trinajstić information content (AvgIpc) is 2.52. The van der Waals surface area contributed by atoms with Gasteiger partial charge in [-0.3, -0.25) is 4.79 Å². The molecule has 0 saturated carbocycles. The van der Waals surface area contributed by atoms with Crippen LogP contribution in [0, 0.1) is 11.8 Å². The molecule has 3 atom stereocenters. The van der Waals surface area contributed by atoms with Crippen LogP contribution in [0.5, 0.6) is 0 Å². The number of carbonyl (C=O) groups is 1. The van der Waals surface area contributed by atoms with E-state index in [-0.39, 0.29) is 18.0 Å². The zero-order valence-electron chi connectivity index (χ0n) is 11.0. The summed E-state index contributed by atoms with van der Waals surface area (Å²) in [6.07, 6.45) is 8.85. The fourth-order valence-corrected chi connectivity index (χ4v) is 2.77. The Hall–Kier alpha value is -1.05. The maximum Gasteiger partial charge on any atom is 0.309 e. The van der Waals surface area contributed by atoms with Gasteiger partial charge in [-0.05, 0) is 45.6 Å². The second-order valence-electron chi connectivity index (χ2n) is 5.49. The number of ether oxygens (including phenoxy) is 1. The van der Waals surface area contributed by atoms with Crippen molar-refractivity contribution in [3.63, 3.8) is 0 Å². The second kappa shape index (κ2) is 5.07. The number of fused-ring (bicyclic) bond motifs is 1. The third-order valence-corrected chi connectivity index (χ3v) is 4.04. The van der Waals surface area contributed by atoms with Crippen LogP contribution in [0.4, 0.5) is 0 Å². The minimum absolute atomic E-state index is 0.0170. The van der Waals surface area contributed by atoms with Gasteiger partial charge in [0.15, 0.2) is 0 Å². The van der Waals surface area contributed by atoms with Crippen molar-refractivity contribution in [1.29, 1.82) is 0 Å². The van der Waals surface area contributed by atoms with Crippen LogP contribution < -0.4 is 0 Å². The van der Waals surface area contributed by atoms with Crippen molar-refractivity contribution in [2.75, 3.05) is 0 Å². The molecule has 0 spiro atoms. The molecule has 0 aromatic carbocycles. The summed E-state index contributed by atoms with van der Waals surface area (Å²) in [4.78, 5) is 11.7. The van der Waals surface area contributed by atoms with Crippen LogP contribution >= 0.6 is 0 Å². The molecule has 1 aliphatic carbocycles. The first-order valence-corrected chi connectivity index (χ1v) is 6.61. The van der Waals surface area contributed by atoms with Crippen molar-refractivity contribution in [3.05, 3.63) is 23.3 Å². The van der Waals surface area contributed by atoms with Gasteiger partial charge in [0.1, 0.15) is 6.10 Å². The Kier molecular flexibility index (Phi) is 3.70. The molecule has 1 saturated heterocycles. The molecule has 0 bridgehead atoms. The molecule has 17 heavy (non-hydrogen) atoms. The Bertz CT molecular complexity index is 365. The summed E-state index contributed by atoms with van der Waals surface area (Å²) >= 11 is 0. The Morgan fingerprint density at radius 2 is 2.00 bits per heavy atom. The first-order chi connectivity index (χ1) is 8.08. The highest BCUT2D eigenvalue weighted by molar-refractivity contribution is 5.75. The summed E-state index contributed by atoms with van der Waals surface area (Å²) in [7, 11) is 0. The van der Waals surface area contributed by atoms with Crippen molar-refractivity contribution < 1.29 is 9.53 Å². The van der Waals surface area contributed by atoms with E-state index in [0.29, 0.717) is 5.92 Å². The van der Waals surface area contributed by atoms with Crippen molar-refractivity contribution in [2.45, 2.75) is 52.6 Å². The van der Waals surface area contributed by atoms with Crippen molar-refractivity contribution in [1.82, 2.24) is 0 Å². The van der Waals surface area contributed by atoms with E-state index < -0.39 is 0 Å². The fourth-order valence-electron chi connectivity index (χ4n) is 2.77. The maximum absolute atomic E-state index is 11.7. The highest BCUT2D eigenvalue weighted by atomic mass is 16.6. The number of carbonyl (C=O) groups excluding carboxylic acids is 1. The lowest BCUT2D eigenvalue weighted by Crippen LogP contribution is -2.18. The van der Waals surface area contributed by atoms with Crippen LogP contribution in [-0.2, 0) is 9.53 Å². The van der Waals surface area contributed by atoms with E-state index in [4.69, 9.17) is 4.74 Å². The molecule has 0 aromatic heterocycles. The van der Waals surface area contributed by atoms with Gasteiger partial charge in [0.2, 0.25) is 0 Å². The maximum atomic E-state index is 11.7. The predicted octanol–water partition coefficient (Wildman–Crippen LogP) is 3.63. The van der Waals surface area contributed by atoms with E-state index in [1.165, 1.54) is 11.1 Å². The zero-order valence-corrected chi connectivity index (χ0v) is 11.0. The normalized spacial score (nSPS) is 40.6. The summed E-state index contributed by atoms with van der Waals surface area (Å²) in [6, 6.07) is 0. The monoisotopic (exact) mass is 234 g/mol. The van der Waals surface area contributed by atoms with Gasteiger partial charge in [0.25, 0.3) is 0 Å². The van der Waals surface area contributed by atoms with Crippen LogP contribution in [0.15, 0.2) is 23.3 Å². The molecule has 0 aromatic rings. The van der Waals surface area contributed by atoms with Crippen LogP contribution in [0.2, 0.25) is 0 Å². The van der Waals surface area contributed by atoms with Crippen LogP contribution in [0.3, 0.4) is 0 Å². The van der Waals surface area contributed by atoms with E-state index in [1.807, 2.05) is 6.92 Å². The minimum atomic E-state index is -0.0232. The second-order valence-corrected chi connectivity index (χ2v) is 5.49. The van der Waals surface area contributed by atoms with Gasteiger partial charge in [-0.1, -0.05) is 24.1 Å². The summed E-state index contributed by atoms with van der Waals surface area (Å²) < 4.78 is 5.48. The van der Waals surface area contributed by atoms with E-state index >= 15 is 0 Å². The summed E-state index contributed by atoms with van der Waals surface area (Å²) in [5.74, 6) is 0.389. The highest BCUT2D eigenvalue weighted by Crippen LogP contribution is 2.35. The highest BCUT2D eigenvalue weighted by Gasteiger charge is 2.40. The number of rotatable bonds is 0. The Labute approximate surface area is 104 Å². The number of esters is 1. The average molecular weight is 234 g/mol. The summed E-state index contributed by atoms with van der Waals surface area (Å²) in [5.41, 5.74) is 2.79. The van der Waals surface area contributed by atoms with Crippen molar-refractivity contribution in [3.8, 4) is 0 Å². The number of allylic oxidation sites excluding steroid dienone is 3. The largest absolute Gasteiger partial charge is 0.458 e. The van der Waals surface area contributed by atoms with Crippen LogP contribution in [0.25, 0.3) is 0 Å². The Morgan fingerprint density at radius 3 is 2.76 bits per heavy atom. The molecule has 2 aliphatic rings. The first kappa shape index (κ1) is 12.4. The fraction of sp³-hybridized carbons (Fsp3) is 0.667. The standard InChI is InChI=1S/C15H22O2/c1-10-5-4-6-11(2)9-14-13(8-7-10)12(3)15(16)17-14/h5,9,12-14H,4,6-8H2,1-3H3/b10-5+,11-9+/t12?,13-,14-/m0/s1. The van der Waals surface area contributed by atoms with Gasteiger partial charge in [-0.25, -0.2) is 0 Å². The molecule has 2 heteroatoms. The lowest BCUT2D eigenvalue weighted by molar-refractivity contribution is -0.142. The summed E-state index contributed by atoms with van der Waals surface area (Å²) in [6.45, 7) is 6.33. The minimum Gasteiger partial charge on any atom is -0.458 e. The molecular weight excluding hydrogens is 212 g/mol. The van der Waals surface area contributed by atoms with E-state index in [0.717, 1.165) is 25.7 Å². The topological polar surface area (TPSA) is 26.3 Å². The van der Waals surface area contributed by atoms with Crippen LogP contribution in [0.1, 0.15) is 46.5 Å². The number of hydrogen-bond acceptors (Lipinski definition) is 2. The van der Waals surface area contributed by atoms with Gasteiger partial charge in [0.05, 0.1) is 5.92 Å². The molecule has 1 aliphatic heterocycles. The quantitative estimate of drug-likeness (QED) is 0.472. The predicted molar refractivity (Wildman–Crippen MR) is 68.5 cm³/mol. The third-order valence-electron chi connectivity index (χ3n) is 4.04. The van der Waals surface area contributed by atoms with Crippen molar-refractivity contribution >= 4 is 5.97 Å². The van der Waals surface area contributed by atoms with Gasteiger partial charge >= 0.3 is 5.97 Å². The molecule has 2 rings (SSSR count). The molecule has 0 radical (unpaired) electrons. The van der Waals surface area contributed by atoms with Gasteiger partial charge in [-0.2, -0.15) is 0 Å². The SMILES string of the molecule is C/C1=C\[C@@H]2OC(=O)C(C)[C@@H]2CC/C(C)=C/CC1. The molecular formula is C15H22O2. The molecule has 2 nitrogen and oxygen atoms in total. The molecule has 94 valence electrons. The zero-order chi connectivity index (χ0) is 12.4. The molecule has 1 unspecified atom stereocenters. The van der Waals surface area contributed by atoms with E-state index in [9.17, 15) is 4.79 Å². The summed E-state index contributed by atoms with van der Waals surface area (Å²) in [5, 5.41) is 0. The molecule has 0 N–H and O–H groups in total. The van der Waals surface area contributed by atoms with E-state index in [1.54, 1.807) is 0 Å².